The maximum absolute atomic E-state index is 12.2. The van der Waals surface area contributed by atoms with Crippen molar-refractivity contribution in [1.29, 1.82) is 0 Å². The van der Waals surface area contributed by atoms with Crippen molar-refractivity contribution >= 4 is 17.8 Å². The van der Waals surface area contributed by atoms with Crippen molar-refractivity contribution in [3.63, 3.8) is 0 Å². The molecule has 1 aliphatic heterocycles. The molecule has 1 aliphatic rings. The number of ether oxygens (including phenoxy) is 4. The van der Waals surface area contributed by atoms with E-state index in [1.54, 1.807) is 19.2 Å². The highest BCUT2D eigenvalue weighted by atomic mass is 16.6. The smallest absolute Gasteiger partial charge is 0.331 e. The molecule has 0 aromatic heterocycles. The summed E-state index contributed by atoms with van der Waals surface area (Å²) in [5.74, 6) is -0.791. The molecule has 172 valence electrons. The van der Waals surface area contributed by atoms with E-state index in [1.807, 2.05) is 12.1 Å². The number of carbonyl (C=O) groups is 3. The Hall–Kier alpha value is -2.73. The minimum absolute atomic E-state index is 0.0946. The van der Waals surface area contributed by atoms with E-state index in [4.69, 9.17) is 14.2 Å². The van der Waals surface area contributed by atoms with Crippen LogP contribution >= 0.6 is 0 Å². The van der Waals surface area contributed by atoms with Gasteiger partial charge < -0.3 is 39.8 Å². The van der Waals surface area contributed by atoms with Crippen molar-refractivity contribution < 1.29 is 43.5 Å². The molecule has 1 saturated heterocycles. The quantitative estimate of drug-likeness (QED) is 0.301. The van der Waals surface area contributed by atoms with Crippen molar-refractivity contribution in [2.24, 2.45) is 0 Å². The predicted octanol–water partition coefficient (Wildman–Crippen LogP) is -1.50. The van der Waals surface area contributed by atoms with Crippen LogP contribution in [0.25, 0.3) is 0 Å². The molecule has 11 heteroatoms. The molecule has 4 atom stereocenters. The zero-order chi connectivity index (χ0) is 22.8. The molecule has 4 N–H and O–H groups in total. The average Bonchev–Trinajstić information content (AvgIpc) is 3.04. The topological polar surface area (TPSA) is 153 Å². The number of carbonyl (C=O) groups excluding carboxylic acids is 3. The Morgan fingerprint density at radius 3 is 2.29 bits per heavy atom. The van der Waals surface area contributed by atoms with Gasteiger partial charge in [-0.25, -0.2) is 4.79 Å². The zero-order valence-electron chi connectivity index (χ0n) is 17.4. The molecule has 0 aliphatic carbocycles. The Morgan fingerprint density at radius 2 is 1.65 bits per heavy atom. The lowest BCUT2D eigenvalue weighted by molar-refractivity contribution is -0.147. The Morgan fingerprint density at radius 1 is 0.968 bits per heavy atom. The van der Waals surface area contributed by atoms with E-state index in [0.717, 1.165) is 5.56 Å². The fourth-order valence-electron chi connectivity index (χ4n) is 2.91. The molecule has 11 nitrogen and oxygen atoms in total. The fourth-order valence-corrected chi connectivity index (χ4v) is 2.91. The lowest BCUT2D eigenvalue weighted by Crippen LogP contribution is -2.41. The minimum atomic E-state index is -1.27. The number of amides is 2. The van der Waals surface area contributed by atoms with Crippen LogP contribution < -0.4 is 15.4 Å². The first-order valence-corrected chi connectivity index (χ1v) is 9.66. The van der Waals surface area contributed by atoms with Gasteiger partial charge in [0, 0.05) is 13.1 Å². The van der Waals surface area contributed by atoms with E-state index in [0.29, 0.717) is 12.3 Å². The van der Waals surface area contributed by atoms with Gasteiger partial charge in [-0.2, -0.15) is 0 Å². The number of rotatable bonds is 11. The predicted molar refractivity (Wildman–Crippen MR) is 106 cm³/mol. The molecule has 1 aromatic rings. The van der Waals surface area contributed by atoms with E-state index in [-0.39, 0.29) is 32.1 Å². The van der Waals surface area contributed by atoms with Gasteiger partial charge in [0.2, 0.25) is 11.8 Å². The van der Waals surface area contributed by atoms with E-state index in [9.17, 15) is 24.6 Å². The molecule has 4 unspecified atom stereocenters. The van der Waals surface area contributed by atoms with Crippen LogP contribution in [0.4, 0.5) is 0 Å². The summed E-state index contributed by atoms with van der Waals surface area (Å²) in [6.07, 6.45) is -4.50. The highest BCUT2D eigenvalue weighted by molar-refractivity contribution is 5.78. The number of benzene rings is 1. The molecule has 0 bridgehead atoms. The molecule has 2 amide bonds. The summed E-state index contributed by atoms with van der Waals surface area (Å²) < 4.78 is 19.9. The first-order chi connectivity index (χ1) is 14.8. The first-order valence-electron chi connectivity index (χ1n) is 9.66. The summed E-state index contributed by atoms with van der Waals surface area (Å²) >= 11 is 0. The van der Waals surface area contributed by atoms with E-state index in [1.165, 1.54) is 7.11 Å². The second-order valence-electron chi connectivity index (χ2n) is 6.90. The summed E-state index contributed by atoms with van der Waals surface area (Å²) in [7, 11) is 2.77. The van der Waals surface area contributed by atoms with Crippen LogP contribution in [-0.2, 0) is 35.1 Å². The molecule has 1 aromatic carbocycles. The molecular formula is C20H28N2O9. The van der Waals surface area contributed by atoms with Gasteiger partial charge in [0.25, 0.3) is 0 Å². The van der Waals surface area contributed by atoms with Gasteiger partial charge in [-0.15, -0.1) is 0 Å². The van der Waals surface area contributed by atoms with Gasteiger partial charge in [-0.3, -0.25) is 9.59 Å². The largest absolute Gasteiger partial charge is 0.497 e. The third-order valence-corrected chi connectivity index (χ3v) is 4.68. The summed E-state index contributed by atoms with van der Waals surface area (Å²) in [6.45, 7) is -0.543. The minimum Gasteiger partial charge on any atom is -0.497 e. The van der Waals surface area contributed by atoms with Gasteiger partial charge in [0.05, 0.1) is 26.7 Å². The van der Waals surface area contributed by atoms with E-state index in [2.05, 4.69) is 15.4 Å². The summed E-state index contributed by atoms with van der Waals surface area (Å²) in [6, 6.07) is 7.19. The highest BCUT2D eigenvalue weighted by Gasteiger charge is 2.43. The maximum atomic E-state index is 12.2. The van der Waals surface area contributed by atoms with Gasteiger partial charge in [-0.1, -0.05) is 12.1 Å². The standard InChI is InChI=1S/C20H28N2O9/c1-28-13-5-3-12(4-6-13)8-21-16(23)7-14-19(26)20(27)15(31-14)9-22-17(24)10-30-11-18(25)29-2/h3-6,14-15,19-20,26-27H,7-11H2,1-2H3,(H,21,23)(H,22,24). The monoisotopic (exact) mass is 440 g/mol. The Bertz CT molecular complexity index is 741. The third kappa shape index (κ3) is 7.79. The van der Waals surface area contributed by atoms with Crippen LogP contribution in [0.1, 0.15) is 12.0 Å². The second kappa shape index (κ2) is 12.2. The fraction of sp³-hybridized carbons (Fsp3) is 0.550. The van der Waals surface area contributed by atoms with Crippen LogP contribution in [0.5, 0.6) is 5.75 Å². The molecule has 31 heavy (non-hydrogen) atoms. The molecule has 0 spiro atoms. The molecule has 1 heterocycles. The summed E-state index contributed by atoms with van der Waals surface area (Å²) in [5.41, 5.74) is 0.872. The number of methoxy groups -OCH3 is 2. The normalized spacial score (nSPS) is 22.6. The SMILES string of the molecule is COC(=O)COCC(=O)NCC1OC(CC(=O)NCc2ccc(OC)cc2)C(O)C1O. The first kappa shape index (κ1) is 24.5. The van der Waals surface area contributed by atoms with Crippen molar-refractivity contribution in [3.8, 4) is 5.75 Å². The van der Waals surface area contributed by atoms with Crippen LogP contribution in [0.3, 0.4) is 0 Å². The molecular weight excluding hydrogens is 412 g/mol. The van der Waals surface area contributed by atoms with E-state index < -0.39 is 36.3 Å². The van der Waals surface area contributed by atoms with Gasteiger partial charge >= 0.3 is 5.97 Å². The summed E-state index contributed by atoms with van der Waals surface area (Å²) in [5, 5.41) is 25.5. The Kier molecular flexibility index (Phi) is 9.66. The van der Waals surface area contributed by atoms with Crippen LogP contribution in [0, 0.1) is 0 Å². The number of hydrogen-bond donors (Lipinski definition) is 4. The lowest BCUT2D eigenvalue weighted by atomic mass is 10.1. The van der Waals surface area contributed by atoms with Crippen molar-refractivity contribution in [2.45, 2.75) is 37.4 Å². The Labute approximate surface area is 179 Å². The van der Waals surface area contributed by atoms with Crippen LogP contribution in [-0.4, -0.2) is 86.4 Å². The molecule has 1 fully saturated rings. The number of aliphatic hydroxyl groups is 2. The van der Waals surface area contributed by atoms with Crippen LogP contribution in [0.15, 0.2) is 24.3 Å². The number of hydrogen-bond acceptors (Lipinski definition) is 9. The van der Waals surface area contributed by atoms with Gasteiger partial charge in [0.1, 0.15) is 37.3 Å². The summed E-state index contributed by atoms with van der Waals surface area (Å²) in [4.78, 5) is 34.8. The average molecular weight is 440 g/mol. The molecule has 0 radical (unpaired) electrons. The zero-order valence-corrected chi connectivity index (χ0v) is 17.4. The van der Waals surface area contributed by atoms with Gasteiger partial charge in [-0.05, 0) is 17.7 Å². The third-order valence-electron chi connectivity index (χ3n) is 4.68. The number of esters is 1. The van der Waals surface area contributed by atoms with E-state index >= 15 is 0 Å². The van der Waals surface area contributed by atoms with Crippen molar-refractivity contribution in [1.82, 2.24) is 10.6 Å². The Balaban J connectivity index is 1.72. The van der Waals surface area contributed by atoms with Gasteiger partial charge in [0.15, 0.2) is 0 Å². The second-order valence-corrected chi connectivity index (χ2v) is 6.90. The molecule has 0 saturated carbocycles. The lowest BCUT2D eigenvalue weighted by Gasteiger charge is -2.15. The molecule has 2 rings (SSSR count). The highest BCUT2D eigenvalue weighted by Crippen LogP contribution is 2.23. The number of aliphatic hydroxyl groups excluding tert-OH is 2. The number of nitrogens with one attached hydrogen (secondary N) is 2. The van der Waals surface area contributed by atoms with Crippen molar-refractivity contribution in [3.05, 3.63) is 29.8 Å². The van der Waals surface area contributed by atoms with Crippen LogP contribution in [0.2, 0.25) is 0 Å². The maximum Gasteiger partial charge on any atom is 0.331 e. The van der Waals surface area contributed by atoms with Crippen molar-refractivity contribution in [2.75, 3.05) is 34.0 Å².